The maximum Gasteiger partial charge on any atom is 0.122 e. The summed E-state index contributed by atoms with van der Waals surface area (Å²) in [6.07, 6.45) is 0.844. The molecule has 1 N–H and O–H groups in total. The molecule has 2 aromatic rings. The number of nitrogens with zero attached hydrogens (tertiary/aromatic N) is 1. The third-order valence-electron chi connectivity index (χ3n) is 3.20. The molecule has 5 heteroatoms. The minimum absolute atomic E-state index is 0.181. The van der Waals surface area contributed by atoms with Gasteiger partial charge in [-0.25, -0.2) is 4.98 Å². The summed E-state index contributed by atoms with van der Waals surface area (Å²) in [6, 6.07) is 6.12. The second-order valence-corrected chi connectivity index (χ2v) is 5.61. The number of aromatic nitrogens is 1. The van der Waals surface area contributed by atoms with Crippen molar-refractivity contribution < 1.29 is 9.47 Å². The summed E-state index contributed by atoms with van der Waals surface area (Å²) in [5, 5.41) is 6.54. The minimum Gasteiger partial charge on any atom is -0.497 e. The van der Waals surface area contributed by atoms with Crippen molar-refractivity contribution in [3.63, 3.8) is 0 Å². The van der Waals surface area contributed by atoms with Crippen molar-refractivity contribution in [2.45, 2.75) is 19.4 Å². The third-order valence-corrected chi connectivity index (χ3v) is 4.03. The summed E-state index contributed by atoms with van der Waals surface area (Å²) in [5.74, 6) is 1.60. The second-order valence-electron chi connectivity index (χ2n) is 4.55. The van der Waals surface area contributed by atoms with E-state index in [9.17, 15) is 0 Å². The first-order valence-corrected chi connectivity index (χ1v) is 7.35. The van der Waals surface area contributed by atoms with Gasteiger partial charge in [0.25, 0.3) is 0 Å². The van der Waals surface area contributed by atoms with Gasteiger partial charge in [0.05, 0.1) is 24.9 Å². The normalized spacial score (nSPS) is 12.2. The van der Waals surface area contributed by atoms with Crippen LogP contribution in [0.1, 0.15) is 22.3 Å². The van der Waals surface area contributed by atoms with Crippen molar-refractivity contribution in [2.75, 3.05) is 21.3 Å². The summed E-state index contributed by atoms with van der Waals surface area (Å²) in [6.45, 7) is 2.02. The molecule has 4 nitrogen and oxygen atoms in total. The zero-order valence-electron chi connectivity index (χ0n) is 12.3. The molecule has 2 rings (SSSR count). The van der Waals surface area contributed by atoms with Gasteiger partial charge >= 0.3 is 0 Å². The molecule has 0 fully saturated rings. The molecule has 1 atom stereocenters. The lowest BCUT2D eigenvalue weighted by Gasteiger charge is -2.17. The molecule has 0 aliphatic carbocycles. The van der Waals surface area contributed by atoms with Gasteiger partial charge in [-0.2, -0.15) is 0 Å². The third kappa shape index (κ3) is 3.49. The number of nitrogens with one attached hydrogen (secondary N) is 1. The van der Waals surface area contributed by atoms with Crippen molar-refractivity contribution in [3.8, 4) is 11.5 Å². The fourth-order valence-corrected chi connectivity index (χ4v) is 2.75. The maximum atomic E-state index is 5.32. The summed E-state index contributed by atoms with van der Waals surface area (Å²) in [4.78, 5) is 4.53. The highest BCUT2D eigenvalue weighted by Gasteiger charge is 2.14. The van der Waals surface area contributed by atoms with Gasteiger partial charge in [0.1, 0.15) is 11.5 Å². The predicted molar refractivity (Wildman–Crippen MR) is 81.9 cm³/mol. The number of benzene rings is 1. The molecule has 0 aliphatic heterocycles. The molecule has 1 unspecified atom stereocenters. The Morgan fingerprint density at radius 1 is 1.20 bits per heavy atom. The molecule has 1 aromatic carbocycles. The van der Waals surface area contributed by atoms with E-state index in [4.69, 9.17) is 9.47 Å². The Bertz CT molecular complexity index is 547. The van der Waals surface area contributed by atoms with E-state index < -0.39 is 0 Å². The van der Waals surface area contributed by atoms with Gasteiger partial charge in [-0.05, 0) is 31.7 Å². The van der Waals surface area contributed by atoms with Gasteiger partial charge in [0.15, 0.2) is 0 Å². The molecule has 0 radical (unpaired) electrons. The van der Waals surface area contributed by atoms with Crippen LogP contribution in [0.3, 0.4) is 0 Å². The van der Waals surface area contributed by atoms with E-state index in [0.29, 0.717) is 0 Å². The lowest BCUT2D eigenvalue weighted by atomic mass is 10.0. The van der Waals surface area contributed by atoms with Crippen LogP contribution >= 0.6 is 11.3 Å². The Morgan fingerprint density at radius 3 is 2.30 bits per heavy atom. The van der Waals surface area contributed by atoms with Gasteiger partial charge in [0, 0.05) is 23.9 Å². The monoisotopic (exact) mass is 292 g/mol. The average molecular weight is 292 g/mol. The van der Waals surface area contributed by atoms with Crippen LogP contribution in [0.25, 0.3) is 0 Å². The Hall–Kier alpha value is -1.59. The largest absolute Gasteiger partial charge is 0.497 e. The molecule has 1 aromatic heterocycles. The Balaban J connectivity index is 2.26. The van der Waals surface area contributed by atoms with Crippen molar-refractivity contribution in [3.05, 3.63) is 39.8 Å². The van der Waals surface area contributed by atoms with Crippen molar-refractivity contribution in [1.82, 2.24) is 10.3 Å². The highest BCUT2D eigenvalue weighted by molar-refractivity contribution is 7.09. The van der Waals surface area contributed by atoms with E-state index in [1.807, 2.05) is 32.2 Å². The fraction of sp³-hybridized carbons (Fsp3) is 0.400. The summed E-state index contributed by atoms with van der Waals surface area (Å²) < 4.78 is 10.6. The number of hydrogen-bond donors (Lipinski definition) is 1. The smallest absolute Gasteiger partial charge is 0.122 e. The molecule has 0 amide bonds. The van der Waals surface area contributed by atoms with Crippen LogP contribution in [0.4, 0.5) is 0 Å². The van der Waals surface area contributed by atoms with Gasteiger partial charge in [-0.3, -0.25) is 0 Å². The van der Waals surface area contributed by atoms with Gasteiger partial charge in [-0.15, -0.1) is 11.3 Å². The number of likely N-dealkylation sites (N-methyl/N-ethyl adjacent to an activating group) is 1. The SMILES string of the molecule is CNC(Cc1csc(C)n1)c1cc(OC)cc(OC)c1. The molecule has 0 spiro atoms. The lowest BCUT2D eigenvalue weighted by Crippen LogP contribution is -2.19. The summed E-state index contributed by atoms with van der Waals surface area (Å²) in [7, 11) is 5.28. The standard InChI is InChI=1S/C15H20N2O2S/c1-10-17-12(9-20-10)7-15(16-2)11-5-13(18-3)8-14(6-11)19-4/h5-6,8-9,15-16H,7H2,1-4H3. The number of methoxy groups -OCH3 is 2. The minimum atomic E-state index is 0.181. The van der Waals surface area contributed by atoms with Crippen LogP contribution in [0.15, 0.2) is 23.6 Å². The van der Waals surface area contributed by atoms with E-state index in [1.54, 1.807) is 25.6 Å². The van der Waals surface area contributed by atoms with Gasteiger partial charge < -0.3 is 14.8 Å². The van der Waals surface area contributed by atoms with E-state index in [-0.39, 0.29) is 6.04 Å². The molecular formula is C15H20N2O2S. The van der Waals surface area contributed by atoms with Crippen LogP contribution in [0, 0.1) is 6.92 Å². The number of hydrogen-bond acceptors (Lipinski definition) is 5. The van der Waals surface area contributed by atoms with Crippen molar-refractivity contribution in [2.24, 2.45) is 0 Å². The van der Waals surface area contributed by atoms with Crippen LogP contribution in [-0.2, 0) is 6.42 Å². The average Bonchev–Trinajstić information content (AvgIpc) is 2.89. The number of rotatable bonds is 6. The quantitative estimate of drug-likeness (QED) is 0.889. The zero-order valence-corrected chi connectivity index (χ0v) is 13.1. The van der Waals surface area contributed by atoms with Crippen LogP contribution in [0.2, 0.25) is 0 Å². The molecule has 20 heavy (non-hydrogen) atoms. The molecular weight excluding hydrogens is 272 g/mol. The maximum absolute atomic E-state index is 5.32. The molecule has 0 aliphatic rings. The molecule has 0 saturated carbocycles. The Labute approximate surface area is 123 Å². The van der Waals surface area contributed by atoms with Gasteiger partial charge in [-0.1, -0.05) is 0 Å². The van der Waals surface area contributed by atoms with Crippen LogP contribution in [-0.4, -0.2) is 26.3 Å². The first-order chi connectivity index (χ1) is 9.66. The molecule has 1 heterocycles. The van der Waals surface area contributed by atoms with E-state index in [1.165, 1.54) is 0 Å². The van der Waals surface area contributed by atoms with Crippen LogP contribution < -0.4 is 14.8 Å². The summed E-state index contributed by atoms with van der Waals surface area (Å²) >= 11 is 1.68. The molecule has 0 bridgehead atoms. The van der Waals surface area contributed by atoms with Crippen LogP contribution in [0.5, 0.6) is 11.5 Å². The first-order valence-electron chi connectivity index (χ1n) is 6.47. The number of thiazole rings is 1. The van der Waals surface area contributed by atoms with E-state index in [0.717, 1.165) is 34.2 Å². The van der Waals surface area contributed by atoms with Crippen molar-refractivity contribution >= 4 is 11.3 Å². The van der Waals surface area contributed by atoms with E-state index in [2.05, 4.69) is 15.7 Å². The predicted octanol–water partition coefficient (Wildman–Crippen LogP) is 2.97. The first kappa shape index (κ1) is 14.8. The molecule has 108 valence electrons. The lowest BCUT2D eigenvalue weighted by molar-refractivity contribution is 0.391. The Kier molecular flexibility index (Phi) is 4.98. The Morgan fingerprint density at radius 2 is 1.85 bits per heavy atom. The highest BCUT2D eigenvalue weighted by atomic mass is 32.1. The molecule has 0 saturated heterocycles. The van der Waals surface area contributed by atoms with E-state index >= 15 is 0 Å². The fourth-order valence-electron chi connectivity index (χ4n) is 2.13. The van der Waals surface area contributed by atoms with Gasteiger partial charge in [0.2, 0.25) is 0 Å². The summed E-state index contributed by atoms with van der Waals surface area (Å²) in [5.41, 5.74) is 2.24. The van der Waals surface area contributed by atoms with Crippen molar-refractivity contribution in [1.29, 1.82) is 0 Å². The number of ether oxygens (including phenoxy) is 2. The number of aryl methyl sites for hydroxylation is 1. The second kappa shape index (κ2) is 6.72. The highest BCUT2D eigenvalue weighted by Crippen LogP contribution is 2.28. The zero-order chi connectivity index (χ0) is 14.5. The topological polar surface area (TPSA) is 43.4 Å².